The van der Waals surface area contributed by atoms with Gasteiger partial charge in [-0.3, -0.25) is 4.79 Å². The van der Waals surface area contributed by atoms with Gasteiger partial charge in [-0.15, -0.1) is 0 Å². The van der Waals surface area contributed by atoms with Gasteiger partial charge in [-0.05, 0) is 13.8 Å². The normalized spacial score (nSPS) is 14.9. The molecule has 3 heterocycles. The van der Waals surface area contributed by atoms with Gasteiger partial charge in [-0.2, -0.15) is 4.98 Å². The van der Waals surface area contributed by atoms with Gasteiger partial charge in [0.05, 0.1) is 12.8 Å². The lowest BCUT2D eigenvalue weighted by Gasteiger charge is -2.34. The van der Waals surface area contributed by atoms with E-state index in [0.717, 1.165) is 0 Å². The van der Waals surface area contributed by atoms with Crippen molar-refractivity contribution in [2.75, 3.05) is 38.2 Å². The number of carbonyl (C=O) groups excluding carboxylic acids is 1. The Labute approximate surface area is 134 Å². The number of aromatic nitrogens is 3. The lowest BCUT2D eigenvalue weighted by atomic mass is 10.1. The second kappa shape index (κ2) is 6.23. The molecule has 8 heteroatoms. The van der Waals surface area contributed by atoms with E-state index in [-0.39, 0.29) is 5.91 Å². The van der Waals surface area contributed by atoms with Crippen molar-refractivity contribution < 1.29 is 14.1 Å². The monoisotopic (exact) mass is 317 g/mol. The van der Waals surface area contributed by atoms with Crippen molar-refractivity contribution in [2.45, 2.75) is 13.8 Å². The Morgan fingerprint density at radius 3 is 2.61 bits per heavy atom. The number of amides is 1. The molecule has 8 nitrogen and oxygen atoms in total. The molecule has 0 aliphatic carbocycles. The maximum atomic E-state index is 12.6. The Bertz CT molecular complexity index is 687. The first-order valence-electron chi connectivity index (χ1n) is 7.44. The van der Waals surface area contributed by atoms with E-state index in [9.17, 15) is 4.79 Å². The highest BCUT2D eigenvalue weighted by Crippen LogP contribution is 2.18. The second-order valence-electron chi connectivity index (χ2n) is 5.38. The molecule has 1 aliphatic heterocycles. The Morgan fingerprint density at radius 1 is 1.26 bits per heavy atom. The van der Waals surface area contributed by atoms with Crippen molar-refractivity contribution in [3.05, 3.63) is 29.3 Å². The topological polar surface area (TPSA) is 84.6 Å². The lowest BCUT2D eigenvalue weighted by Crippen LogP contribution is -2.49. The Kier molecular flexibility index (Phi) is 4.14. The zero-order valence-electron chi connectivity index (χ0n) is 13.4. The van der Waals surface area contributed by atoms with Gasteiger partial charge in [0.2, 0.25) is 11.8 Å². The quantitative estimate of drug-likeness (QED) is 0.836. The summed E-state index contributed by atoms with van der Waals surface area (Å²) in [6.07, 6.45) is 1.67. The number of piperazine rings is 1. The fraction of sp³-hybridized carbons (Fsp3) is 0.467. The first-order valence-corrected chi connectivity index (χ1v) is 7.44. The summed E-state index contributed by atoms with van der Waals surface area (Å²) in [6.45, 7) is 6.08. The van der Waals surface area contributed by atoms with Crippen molar-refractivity contribution in [1.82, 2.24) is 20.0 Å². The smallest absolute Gasteiger partial charge is 0.259 e. The van der Waals surface area contributed by atoms with Crippen LogP contribution in [0.15, 0.2) is 16.8 Å². The summed E-state index contributed by atoms with van der Waals surface area (Å²) in [7, 11) is 1.58. The zero-order chi connectivity index (χ0) is 16.4. The number of anilines is 1. The van der Waals surface area contributed by atoms with Crippen LogP contribution in [-0.4, -0.2) is 59.2 Å². The average Bonchev–Trinajstić information content (AvgIpc) is 2.93. The van der Waals surface area contributed by atoms with E-state index in [1.165, 1.54) is 0 Å². The van der Waals surface area contributed by atoms with Crippen LogP contribution < -0.4 is 9.64 Å². The molecule has 0 N–H and O–H groups in total. The molecule has 2 aromatic rings. The van der Waals surface area contributed by atoms with Crippen LogP contribution in [0, 0.1) is 13.8 Å². The largest absolute Gasteiger partial charge is 0.481 e. The van der Waals surface area contributed by atoms with Crippen LogP contribution in [-0.2, 0) is 0 Å². The summed E-state index contributed by atoms with van der Waals surface area (Å²) < 4.78 is 10.2. The van der Waals surface area contributed by atoms with E-state index in [1.807, 2.05) is 9.80 Å². The van der Waals surface area contributed by atoms with Crippen LogP contribution in [0.4, 0.5) is 5.95 Å². The molecular formula is C15H19N5O3. The standard InChI is InChI=1S/C15H19N5O3/c1-10-13(11(2)23-18-10)14(21)19-6-8-20(9-7-19)15-16-5-4-12(17-15)22-3/h4-5H,6-9H2,1-3H3. The average molecular weight is 317 g/mol. The number of methoxy groups -OCH3 is 1. The van der Waals surface area contributed by atoms with Gasteiger partial charge in [0, 0.05) is 38.4 Å². The van der Waals surface area contributed by atoms with E-state index in [0.29, 0.717) is 55.0 Å². The van der Waals surface area contributed by atoms with Gasteiger partial charge in [0.15, 0.2) is 0 Å². The van der Waals surface area contributed by atoms with Crippen LogP contribution >= 0.6 is 0 Å². The first kappa shape index (κ1) is 15.3. The maximum absolute atomic E-state index is 12.6. The molecule has 0 unspecified atom stereocenters. The molecule has 1 aliphatic rings. The molecule has 0 atom stereocenters. The molecular weight excluding hydrogens is 298 g/mol. The third-order valence-corrected chi connectivity index (χ3v) is 3.92. The van der Waals surface area contributed by atoms with Crippen LogP contribution in [0.1, 0.15) is 21.8 Å². The fourth-order valence-corrected chi connectivity index (χ4v) is 2.65. The number of nitrogens with zero attached hydrogens (tertiary/aromatic N) is 5. The van der Waals surface area contributed by atoms with Crippen LogP contribution in [0.3, 0.4) is 0 Å². The molecule has 0 radical (unpaired) electrons. The number of ether oxygens (including phenoxy) is 1. The molecule has 1 saturated heterocycles. The molecule has 1 fully saturated rings. The summed E-state index contributed by atoms with van der Waals surface area (Å²) in [5.74, 6) is 1.68. The third-order valence-electron chi connectivity index (χ3n) is 3.92. The van der Waals surface area contributed by atoms with E-state index < -0.39 is 0 Å². The first-order chi connectivity index (χ1) is 11.1. The molecule has 0 bridgehead atoms. The van der Waals surface area contributed by atoms with E-state index >= 15 is 0 Å². The van der Waals surface area contributed by atoms with Crippen LogP contribution in [0.25, 0.3) is 0 Å². The van der Waals surface area contributed by atoms with Crippen LogP contribution in [0.5, 0.6) is 5.88 Å². The predicted molar refractivity (Wildman–Crippen MR) is 82.7 cm³/mol. The molecule has 2 aromatic heterocycles. The highest BCUT2D eigenvalue weighted by molar-refractivity contribution is 5.96. The number of carbonyl (C=O) groups is 1. The van der Waals surface area contributed by atoms with Crippen molar-refractivity contribution in [2.24, 2.45) is 0 Å². The predicted octanol–water partition coefficient (Wildman–Crippen LogP) is 1.05. The van der Waals surface area contributed by atoms with Crippen molar-refractivity contribution in [1.29, 1.82) is 0 Å². The van der Waals surface area contributed by atoms with E-state index in [4.69, 9.17) is 9.26 Å². The number of aryl methyl sites for hydroxylation is 2. The summed E-state index contributed by atoms with van der Waals surface area (Å²) in [5, 5.41) is 3.85. The van der Waals surface area contributed by atoms with Gasteiger partial charge >= 0.3 is 0 Å². The molecule has 3 rings (SSSR count). The minimum absolute atomic E-state index is 0.0348. The van der Waals surface area contributed by atoms with Crippen molar-refractivity contribution in [3.8, 4) is 5.88 Å². The summed E-state index contributed by atoms with van der Waals surface area (Å²) >= 11 is 0. The minimum Gasteiger partial charge on any atom is -0.481 e. The number of rotatable bonds is 3. The lowest BCUT2D eigenvalue weighted by molar-refractivity contribution is 0.0743. The number of hydrogen-bond donors (Lipinski definition) is 0. The van der Waals surface area contributed by atoms with Gasteiger partial charge in [0.1, 0.15) is 11.3 Å². The molecule has 0 saturated carbocycles. The zero-order valence-corrected chi connectivity index (χ0v) is 13.4. The molecule has 23 heavy (non-hydrogen) atoms. The van der Waals surface area contributed by atoms with Crippen LogP contribution in [0.2, 0.25) is 0 Å². The van der Waals surface area contributed by atoms with Gasteiger partial charge < -0.3 is 19.1 Å². The molecule has 1 amide bonds. The highest BCUT2D eigenvalue weighted by Gasteiger charge is 2.27. The van der Waals surface area contributed by atoms with E-state index in [1.54, 1.807) is 33.2 Å². The SMILES string of the molecule is COc1ccnc(N2CCN(C(=O)c3c(C)noc3C)CC2)n1. The second-order valence-corrected chi connectivity index (χ2v) is 5.38. The maximum Gasteiger partial charge on any atom is 0.259 e. The molecule has 122 valence electrons. The third kappa shape index (κ3) is 2.96. The van der Waals surface area contributed by atoms with Crippen molar-refractivity contribution in [3.63, 3.8) is 0 Å². The number of hydrogen-bond acceptors (Lipinski definition) is 7. The van der Waals surface area contributed by atoms with Gasteiger partial charge in [0.25, 0.3) is 5.91 Å². The Morgan fingerprint density at radius 2 is 2.00 bits per heavy atom. The van der Waals surface area contributed by atoms with Crippen molar-refractivity contribution >= 4 is 11.9 Å². The minimum atomic E-state index is -0.0348. The molecule has 0 spiro atoms. The highest BCUT2D eigenvalue weighted by atomic mass is 16.5. The summed E-state index contributed by atoms with van der Waals surface area (Å²) in [5.41, 5.74) is 1.20. The van der Waals surface area contributed by atoms with Gasteiger partial charge in [-0.25, -0.2) is 4.98 Å². The summed E-state index contributed by atoms with van der Waals surface area (Å²) in [6, 6.07) is 1.71. The Balaban J connectivity index is 1.67. The fourth-order valence-electron chi connectivity index (χ4n) is 2.65. The summed E-state index contributed by atoms with van der Waals surface area (Å²) in [4.78, 5) is 25.0. The van der Waals surface area contributed by atoms with Gasteiger partial charge in [-0.1, -0.05) is 5.16 Å². The van der Waals surface area contributed by atoms with E-state index in [2.05, 4.69) is 15.1 Å². The molecule has 0 aromatic carbocycles. The Hall–Kier alpha value is -2.64.